The van der Waals surface area contributed by atoms with Gasteiger partial charge in [0.1, 0.15) is 0 Å². The van der Waals surface area contributed by atoms with E-state index in [9.17, 15) is 5.11 Å². The van der Waals surface area contributed by atoms with E-state index in [-0.39, 0.29) is 0 Å². The number of aromatic nitrogens is 2. The van der Waals surface area contributed by atoms with Crippen LogP contribution in [0.3, 0.4) is 0 Å². The molecule has 22 heavy (non-hydrogen) atoms. The number of aliphatic hydroxyl groups is 1. The molecule has 1 heterocycles. The van der Waals surface area contributed by atoms with Gasteiger partial charge in [0, 0.05) is 5.69 Å². The highest BCUT2D eigenvalue weighted by Crippen LogP contribution is 2.59. The highest BCUT2D eigenvalue weighted by molar-refractivity contribution is 5.23. The second kappa shape index (κ2) is 5.82. The van der Waals surface area contributed by atoms with Crippen LogP contribution in [0.1, 0.15) is 38.1 Å². The Kier molecular flexibility index (Phi) is 4.17. The largest absolute Gasteiger partial charge is 0.389 e. The molecular formula is C18H28N2O2. The van der Waals surface area contributed by atoms with Crippen LogP contribution in [-0.2, 0) is 11.3 Å². The first-order valence-electron chi connectivity index (χ1n) is 8.32. The topological polar surface area (TPSA) is 47.3 Å². The monoisotopic (exact) mass is 304 g/mol. The minimum atomic E-state index is -0.487. The number of hydrogen-bond acceptors (Lipinski definition) is 3. The Bertz CT molecular complexity index is 574. The van der Waals surface area contributed by atoms with Gasteiger partial charge < -0.3 is 14.4 Å². The minimum Gasteiger partial charge on any atom is -0.389 e. The van der Waals surface area contributed by atoms with E-state index in [2.05, 4.69) is 24.9 Å². The van der Waals surface area contributed by atoms with Gasteiger partial charge in [-0.05, 0) is 49.5 Å². The number of rotatable bonds is 6. The van der Waals surface area contributed by atoms with Crippen molar-refractivity contribution in [2.24, 2.45) is 17.3 Å². The van der Waals surface area contributed by atoms with Gasteiger partial charge in [0.15, 0.2) is 0 Å². The van der Waals surface area contributed by atoms with Crippen LogP contribution in [0.5, 0.6) is 0 Å². The highest BCUT2D eigenvalue weighted by Gasteiger charge is 2.50. The molecule has 0 aromatic carbocycles. The smallest absolute Gasteiger partial charge is 0.0952 e. The molecule has 2 bridgehead atoms. The van der Waals surface area contributed by atoms with Crippen LogP contribution in [0.15, 0.2) is 18.0 Å². The zero-order valence-electron chi connectivity index (χ0n) is 14.2. The van der Waals surface area contributed by atoms with E-state index < -0.39 is 6.10 Å². The van der Waals surface area contributed by atoms with Crippen LogP contribution >= 0.6 is 0 Å². The summed E-state index contributed by atoms with van der Waals surface area (Å²) in [5.74, 6) is 1.54. The summed E-state index contributed by atoms with van der Waals surface area (Å²) >= 11 is 0. The zero-order valence-corrected chi connectivity index (χ0v) is 14.2. The lowest BCUT2D eigenvalue weighted by atomic mass is 9.49. The summed E-state index contributed by atoms with van der Waals surface area (Å²) in [7, 11) is 0. The van der Waals surface area contributed by atoms with Gasteiger partial charge in [-0.25, -0.2) is 4.98 Å². The molecule has 1 saturated carbocycles. The Morgan fingerprint density at radius 3 is 2.82 bits per heavy atom. The maximum atomic E-state index is 10.2. The highest BCUT2D eigenvalue weighted by atomic mass is 16.5. The Morgan fingerprint density at radius 2 is 2.23 bits per heavy atom. The summed E-state index contributed by atoms with van der Waals surface area (Å²) in [5, 5.41) is 10.2. The van der Waals surface area contributed by atoms with Gasteiger partial charge in [0.2, 0.25) is 0 Å². The molecule has 1 aromatic heterocycles. The van der Waals surface area contributed by atoms with E-state index in [1.54, 1.807) is 6.33 Å². The molecule has 1 aromatic rings. The number of nitrogens with zero attached hydrogens (tertiary/aromatic N) is 2. The number of aliphatic hydroxyl groups excluding tert-OH is 1. The number of aryl methyl sites for hydroxylation is 1. The van der Waals surface area contributed by atoms with Crippen LogP contribution in [0.4, 0.5) is 0 Å². The maximum absolute atomic E-state index is 10.2. The van der Waals surface area contributed by atoms with E-state index in [4.69, 9.17) is 4.74 Å². The second-order valence-corrected chi connectivity index (χ2v) is 7.56. The first-order valence-corrected chi connectivity index (χ1v) is 8.32. The van der Waals surface area contributed by atoms with Crippen molar-refractivity contribution in [2.45, 2.75) is 53.2 Å². The van der Waals surface area contributed by atoms with Gasteiger partial charge in [0.25, 0.3) is 0 Å². The van der Waals surface area contributed by atoms with Crippen molar-refractivity contribution in [1.29, 1.82) is 0 Å². The fraction of sp³-hybridized carbons (Fsp3) is 0.722. The minimum absolute atomic E-state index is 0.380. The van der Waals surface area contributed by atoms with Gasteiger partial charge in [-0.15, -0.1) is 0 Å². The molecule has 4 rings (SSSR count). The third kappa shape index (κ3) is 2.74. The predicted octanol–water partition coefficient (Wildman–Crippen LogP) is 2.87. The molecule has 0 amide bonds. The summed E-state index contributed by atoms with van der Waals surface area (Å²) in [6, 6.07) is 0. The van der Waals surface area contributed by atoms with Crippen molar-refractivity contribution in [3.63, 3.8) is 0 Å². The third-order valence-corrected chi connectivity index (χ3v) is 5.91. The summed E-state index contributed by atoms with van der Waals surface area (Å²) in [4.78, 5) is 4.26. The van der Waals surface area contributed by atoms with E-state index in [1.807, 2.05) is 18.4 Å². The molecule has 1 fully saturated rings. The quantitative estimate of drug-likeness (QED) is 0.822. The molecule has 4 nitrogen and oxygen atoms in total. The third-order valence-electron chi connectivity index (χ3n) is 5.91. The Balaban J connectivity index is 1.45. The van der Waals surface area contributed by atoms with Crippen molar-refractivity contribution in [3.05, 3.63) is 29.4 Å². The molecule has 0 aliphatic heterocycles. The van der Waals surface area contributed by atoms with Crippen LogP contribution in [-0.4, -0.2) is 34.0 Å². The molecule has 3 aliphatic carbocycles. The average molecular weight is 304 g/mol. The molecule has 3 atom stereocenters. The Morgan fingerprint density at radius 1 is 1.45 bits per heavy atom. The first-order chi connectivity index (χ1) is 10.4. The summed E-state index contributed by atoms with van der Waals surface area (Å²) in [5.41, 5.74) is 4.00. The molecule has 4 heteroatoms. The molecular weight excluding hydrogens is 276 g/mol. The van der Waals surface area contributed by atoms with Gasteiger partial charge >= 0.3 is 0 Å². The summed E-state index contributed by atoms with van der Waals surface area (Å²) in [6.45, 7) is 10.3. The predicted molar refractivity (Wildman–Crippen MR) is 86.6 cm³/mol. The van der Waals surface area contributed by atoms with Gasteiger partial charge in [-0.2, -0.15) is 0 Å². The van der Waals surface area contributed by atoms with Gasteiger partial charge in [-0.3, -0.25) is 0 Å². The number of fused-ring (bicyclic) bond motifs is 1. The summed E-state index contributed by atoms with van der Waals surface area (Å²) in [6.07, 6.45) is 6.17. The normalized spacial score (nSPS) is 27.2. The van der Waals surface area contributed by atoms with Crippen molar-refractivity contribution in [3.8, 4) is 0 Å². The van der Waals surface area contributed by atoms with Crippen molar-refractivity contribution in [1.82, 2.24) is 9.55 Å². The molecule has 3 unspecified atom stereocenters. The second-order valence-electron chi connectivity index (χ2n) is 7.56. The Hall–Kier alpha value is -1.13. The van der Waals surface area contributed by atoms with E-state index in [0.29, 0.717) is 31.1 Å². The van der Waals surface area contributed by atoms with Crippen molar-refractivity contribution < 1.29 is 9.84 Å². The van der Waals surface area contributed by atoms with Crippen LogP contribution in [0, 0.1) is 31.1 Å². The fourth-order valence-corrected chi connectivity index (χ4v) is 3.96. The molecule has 0 radical (unpaired) electrons. The maximum Gasteiger partial charge on any atom is 0.0952 e. The van der Waals surface area contributed by atoms with E-state index in [0.717, 1.165) is 17.3 Å². The molecule has 0 saturated heterocycles. The molecule has 3 aliphatic rings. The fourth-order valence-electron chi connectivity index (χ4n) is 3.96. The van der Waals surface area contributed by atoms with Gasteiger partial charge in [0.05, 0.1) is 37.9 Å². The lowest BCUT2D eigenvalue weighted by Gasteiger charge is -2.56. The van der Waals surface area contributed by atoms with Crippen molar-refractivity contribution in [2.75, 3.05) is 13.2 Å². The van der Waals surface area contributed by atoms with Crippen LogP contribution in [0.2, 0.25) is 0 Å². The standard InChI is InChI=1S/C18H28N2O2/c1-12-13(2)20(11-19-12)8-16(21)10-22-9-14-5-6-15-7-17(14)18(15,3)4/h5,11,15-17,21H,6-10H2,1-4H3. The first kappa shape index (κ1) is 15.8. The number of imidazole rings is 1. The lowest BCUT2D eigenvalue weighted by molar-refractivity contribution is -0.0247. The lowest BCUT2D eigenvalue weighted by Crippen LogP contribution is -2.48. The molecule has 122 valence electrons. The van der Waals surface area contributed by atoms with Crippen molar-refractivity contribution >= 4 is 0 Å². The SMILES string of the molecule is Cc1ncn(CC(O)COCC2=CCC3CC2C3(C)C)c1C. The summed E-state index contributed by atoms with van der Waals surface area (Å²) < 4.78 is 7.78. The number of allylic oxidation sites excluding steroid dienone is 1. The number of ether oxygens (including phenoxy) is 1. The molecule has 1 N–H and O–H groups in total. The van der Waals surface area contributed by atoms with E-state index >= 15 is 0 Å². The zero-order chi connectivity index (χ0) is 15.9. The van der Waals surface area contributed by atoms with Crippen LogP contribution < -0.4 is 0 Å². The van der Waals surface area contributed by atoms with Gasteiger partial charge in [-0.1, -0.05) is 19.9 Å². The molecule has 0 spiro atoms. The Labute approximate surface area is 133 Å². The van der Waals surface area contributed by atoms with E-state index in [1.165, 1.54) is 18.4 Å². The number of hydrogen-bond donors (Lipinski definition) is 1. The van der Waals surface area contributed by atoms with Crippen LogP contribution in [0.25, 0.3) is 0 Å². The average Bonchev–Trinajstić information content (AvgIpc) is 2.79.